The molecule has 9 atom stereocenters. The molecule has 1 aliphatic carbocycles. The number of aliphatic hydroxyl groups is 1. The first-order valence-corrected chi connectivity index (χ1v) is 30.8. The normalized spacial score (nSPS) is 20.9. The zero-order valence-corrected chi connectivity index (χ0v) is 48.9. The molecule has 1 aliphatic heterocycles. The number of amides is 5. The molecular weight excluding hydrogens is 1080 g/mol. The van der Waals surface area contributed by atoms with Crippen molar-refractivity contribution in [3.05, 3.63) is 0 Å². The molecule has 0 aromatic carbocycles. The number of carbonyl (C=O) groups is 6. The lowest BCUT2D eigenvalue weighted by Gasteiger charge is -2.27. The number of ketones is 1. The van der Waals surface area contributed by atoms with E-state index in [1.165, 1.54) is 0 Å². The summed E-state index contributed by atoms with van der Waals surface area (Å²) in [5.41, 5.74) is 4.07. The van der Waals surface area contributed by atoms with E-state index in [4.69, 9.17) is 33.7 Å². The minimum atomic E-state index is -5.87. The zero-order chi connectivity index (χ0) is 58.3. The van der Waals surface area contributed by atoms with Crippen LogP contribution in [0.3, 0.4) is 0 Å². The standard InChI is InChI=1S/C47H89N6O21P3/c1-45(2,3)70-42(58)50-24-16-13-21-33(29-36(54)35(23-15-18-26-52-44(60)72-47(7,8)9)53-41(57)34(48)22-14-17-25-51-43(59)71-46(4,5)6)40(56)49-27-28-67-75(61,62)73-77(65,66)74-76(63,64)68-31-39-37(55)30-38(69-39)32-19-11-10-12-20-32/h32-35,37-39,55H,10-31,48H2,1-9H3,(H,49,56)(H,50,58)(H,51,59)(H,52,60)(H,53,57)(H,61,62)(H,63,64)(H,65,66)/t33?,34?,35?,37?,38-,39-/m1/s1. The monoisotopic (exact) mass is 1170 g/mol. The Kier molecular flexibility index (Phi) is 29.8. The molecule has 0 spiro atoms. The van der Waals surface area contributed by atoms with Crippen LogP contribution in [0.4, 0.5) is 14.4 Å². The highest BCUT2D eigenvalue weighted by Crippen LogP contribution is 2.67. The Morgan fingerprint density at radius 3 is 1.57 bits per heavy atom. The minimum Gasteiger partial charge on any atom is -0.444 e. The van der Waals surface area contributed by atoms with Crippen LogP contribution < -0.4 is 32.3 Å². The summed E-state index contributed by atoms with van der Waals surface area (Å²) < 4.78 is 77.3. The number of alkyl carbamates (subject to hydrolysis) is 3. The lowest BCUT2D eigenvalue weighted by Crippen LogP contribution is -2.49. The van der Waals surface area contributed by atoms with Gasteiger partial charge in [-0.3, -0.25) is 23.4 Å². The van der Waals surface area contributed by atoms with Gasteiger partial charge in [0.2, 0.25) is 11.8 Å². The maximum atomic E-state index is 14.1. The van der Waals surface area contributed by atoms with Crippen LogP contribution in [0.25, 0.3) is 0 Å². The van der Waals surface area contributed by atoms with Gasteiger partial charge in [0.05, 0.1) is 37.5 Å². The molecule has 2 rings (SSSR count). The van der Waals surface area contributed by atoms with Gasteiger partial charge in [0, 0.05) is 44.9 Å². The molecule has 1 saturated carbocycles. The van der Waals surface area contributed by atoms with E-state index in [2.05, 4.69) is 35.2 Å². The highest BCUT2D eigenvalue weighted by atomic mass is 31.3. The second kappa shape index (κ2) is 32.8. The summed E-state index contributed by atoms with van der Waals surface area (Å²) in [5.74, 6) is -2.83. The number of unbranched alkanes of at least 4 members (excludes halogenated alkanes) is 3. The smallest absolute Gasteiger partial charge is 0.444 e. The molecule has 30 heteroatoms. The third-order valence-corrected chi connectivity index (χ3v) is 15.9. The van der Waals surface area contributed by atoms with Crippen molar-refractivity contribution in [2.45, 2.75) is 212 Å². The summed E-state index contributed by atoms with van der Waals surface area (Å²) in [4.78, 5) is 108. The Bertz CT molecular complexity index is 2030. The van der Waals surface area contributed by atoms with Gasteiger partial charge in [-0.2, -0.15) is 8.62 Å². The van der Waals surface area contributed by atoms with Gasteiger partial charge < -0.3 is 71.1 Å². The Morgan fingerprint density at radius 2 is 1.08 bits per heavy atom. The van der Waals surface area contributed by atoms with Crippen molar-refractivity contribution in [1.29, 1.82) is 0 Å². The molecule has 11 N–H and O–H groups in total. The van der Waals surface area contributed by atoms with Gasteiger partial charge >= 0.3 is 41.7 Å². The highest BCUT2D eigenvalue weighted by Gasteiger charge is 2.44. The topological polar surface area (TPSA) is 395 Å². The summed E-state index contributed by atoms with van der Waals surface area (Å²) in [5, 5.41) is 23.5. The summed E-state index contributed by atoms with van der Waals surface area (Å²) in [6.45, 7) is 13.9. The predicted octanol–water partition coefficient (Wildman–Crippen LogP) is 6.04. The second-order valence-electron chi connectivity index (χ2n) is 22.2. The van der Waals surface area contributed by atoms with Gasteiger partial charge in [-0.05, 0) is 132 Å². The highest BCUT2D eigenvalue weighted by molar-refractivity contribution is 7.66. The van der Waals surface area contributed by atoms with Crippen molar-refractivity contribution < 1.29 is 98.9 Å². The molecule has 1 heterocycles. The Hall–Kier alpha value is -3.29. The van der Waals surface area contributed by atoms with Crippen LogP contribution in [-0.2, 0) is 64.7 Å². The fourth-order valence-electron chi connectivity index (χ4n) is 8.12. The zero-order valence-electron chi connectivity index (χ0n) is 46.2. The van der Waals surface area contributed by atoms with Crippen molar-refractivity contribution in [2.24, 2.45) is 17.6 Å². The maximum absolute atomic E-state index is 14.1. The van der Waals surface area contributed by atoms with E-state index in [9.17, 15) is 62.2 Å². The van der Waals surface area contributed by atoms with Gasteiger partial charge in [-0.15, -0.1) is 0 Å². The van der Waals surface area contributed by atoms with E-state index >= 15 is 0 Å². The van der Waals surface area contributed by atoms with Crippen LogP contribution >= 0.6 is 23.5 Å². The van der Waals surface area contributed by atoms with Crippen LogP contribution in [0.2, 0.25) is 0 Å². The molecular formula is C47H89N6O21P3. The van der Waals surface area contributed by atoms with Crippen molar-refractivity contribution in [2.75, 3.05) is 39.4 Å². The minimum absolute atomic E-state index is 0.0641. The molecule has 1 saturated heterocycles. The largest absolute Gasteiger partial charge is 0.490 e. The van der Waals surface area contributed by atoms with Crippen molar-refractivity contribution in [1.82, 2.24) is 26.6 Å². The van der Waals surface area contributed by atoms with E-state index in [-0.39, 0.29) is 63.8 Å². The van der Waals surface area contributed by atoms with Crippen molar-refractivity contribution in [3.63, 3.8) is 0 Å². The first-order chi connectivity index (χ1) is 35.5. The molecule has 2 aliphatic rings. The average molecular weight is 1170 g/mol. The SMILES string of the molecule is CC(C)(C)OC(=O)NCCCCC(N)C(=O)NC(CCCCNC(=O)OC(C)(C)C)C(=O)CC(CCCCNC(=O)OC(C)(C)C)C(=O)NCCOP(=O)(O)OP(=O)(O)OP(=O)(O)OC[C@H]1O[C@@H](C2CCCCC2)CC1O. The maximum Gasteiger partial charge on any atom is 0.490 e. The Morgan fingerprint density at radius 1 is 0.610 bits per heavy atom. The number of hydrogen-bond donors (Lipinski definition) is 10. The van der Waals surface area contributed by atoms with Crippen LogP contribution in [0.5, 0.6) is 0 Å². The van der Waals surface area contributed by atoms with E-state index < -0.39 is 133 Å². The first-order valence-electron chi connectivity index (χ1n) is 26.3. The fourth-order valence-corrected chi connectivity index (χ4v) is 11.6. The number of phosphoric ester groups is 2. The molecule has 0 radical (unpaired) electrons. The van der Waals surface area contributed by atoms with Gasteiger partial charge in [-0.1, -0.05) is 25.7 Å². The van der Waals surface area contributed by atoms with Crippen LogP contribution in [0.1, 0.15) is 165 Å². The second-order valence-corrected chi connectivity index (χ2v) is 26.8. The number of aliphatic hydroxyl groups excluding tert-OH is 1. The lowest BCUT2D eigenvalue weighted by molar-refractivity contribution is -0.132. The van der Waals surface area contributed by atoms with Crippen molar-refractivity contribution in [3.8, 4) is 0 Å². The molecule has 7 unspecified atom stereocenters. The predicted molar refractivity (Wildman–Crippen MR) is 280 cm³/mol. The molecule has 77 heavy (non-hydrogen) atoms. The van der Waals surface area contributed by atoms with Crippen LogP contribution in [0, 0.1) is 11.8 Å². The lowest BCUT2D eigenvalue weighted by atomic mass is 9.84. The molecule has 2 fully saturated rings. The summed E-state index contributed by atoms with van der Waals surface area (Å²) in [7, 11) is -16.9. The summed E-state index contributed by atoms with van der Waals surface area (Å²) in [6, 6.07) is -2.20. The van der Waals surface area contributed by atoms with Crippen LogP contribution in [-0.4, -0.2) is 142 Å². The molecule has 27 nitrogen and oxygen atoms in total. The average Bonchev–Trinajstić information content (AvgIpc) is 3.66. The van der Waals surface area contributed by atoms with Crippen LogP contribution in [0.15, 0.2) is 0 Å². The summed E-state index contributed by atoms with van der Waals surface area (Å²) in [6.07, 6.45) is 2.95. The van der Waals surface area contributed by atoms with Crippen molar-refractivity contribution >= 4 is 59.3 Å². The third kappa shape index (κ3) is 32.5. The Labute approximate surface area is 452 Å². The first kappa shape index (κ1) is 69.8. The fraction of sp³-hybridized carbons (Fsp3) is 0.872. The van der Waals surface area contributed by atoms with E-state index in [1.807, 2.05) is 0 Å². The molecule has 5 amide bonds. The molecule has 0 aromatic heterocycles. The summed E-state index contributed by atoms with van der Waals surface area (Å²) >= 11 is 0. The number of phosphoric acid groups is 3. The number of nitrogens with one attached hydrogen (secondary N) is 5. The number of nitrogens with two attached hydrogens (primary N) is 1. The molecule has 0 aromatic rings. The van der Waals surface area contributed by atoms with Gasteiger partial charge in [-0.25, -0.2) is 28.1 Å². The molecule has 0 bridgehead atoms. The number of rotatable bonds is 33. The number of carbonyl (C=O) groups excluding carboxylic acids is 6. The van der Waals surface area contributed by atoms with E-state index in [0.29, 0.717) is 32.1 Å². The van der Waals surface area contributed by atoms with Gasteiger partial charge in [0.25, 0.3) is 0 Å². The molecule has 448 valence electrons. The number of ether oxygens (including phenoxy) is 4. The number of hydrogen-bond acceptors (Lipinski definition) is 19. The van der Waals surface area contributed by atoms with Gasteiger partial charge in [0.15, 0.2) is 5.78 Å². The van der Waals surface area contributed by atoms with E-state index in [1.54, 1.807) is 62.3 Å². The third-order valence-electron chi connectivity index (χ3n) is 11.6. The number of Topliss-reactive ketones (excluding diaryl/α,β-unsaturated/α-hetero) is 1. The quantitative estimate of drug-likeness (QED) is 0.0203. The van der Waals surface area contributed by atoms with E-state index in [0.717, 1.165) is 32.1 Å². The Balaban J connectivity index is 2.10. The van der Waals surface area contributed by atoms with Gasteiger partial charge in [0.1, 0.15) is 22.9 Å².